The van der Waals surface area contributed by atoms with Crippen molar-refractivity contribution >= 4 is 28.9 Å². The summed E-state index contributed by atoms with van der Waals surface area (Å²) in [6.07, 6.45) is 0. The molecule has 1 heterocycles. The quantitative estimate of drug-likeness (QED) is 0.749. The molecule has 0 aliphatic carbocycles. The van der Waals surface area contributed by atoms with E-state index in [0.29, 0.717) is 10.0 Å². The molecule has 0 spiro atoms. The van der Waals surface area contributed by atoms with E-state index in [1.54, 1.807) is 0 Å². The summed E-state index contributed by atoms with van der Waals surface area (Å²) in [6.45, 7) is 3.86. The van der Waals surface area contributed by atoms with Crippen LogP contribution in [0.5, 0.6) is 0 Å². The zero-order valence-electron chi connectivity index (χ0n) is 8.40. The van der Waals surface area contributed by atoms with Gasteiger partial charge in [0.05, 0.1) is 15.7 Å². The number of benzene rings is 1. The van der Waals surface area contributed by atoms with E-state index in [4.69, 9.17) is 23.2 Å². The molecule has 0 radical (unpaired) electrons. The van der Waals surface area contributed by atoms with Crippen LogP contribution in [0.15, 0.2) is 18.2 Å². The summed E-state index contributed by atoms with van der Waals surface area (Å²) >= 11 is 12.1. The zero-order valence-corrected chi connectivity index (χ0v) is 9.91. The maximum atomic E-state index is 6.07. The fourth-order valence-corrected chi connectivity index (χ4v) is 2.14. The van der Waals surface area contributed by atoms with Crippen molar-refractivity contribution in [2.45, 2.75) is 12.7 Å². The van der Waals surface area contributed by atoms with Crippen LogP contribution in [0.25, 0.3) is 0 Å². The Balaban J connectivity index is 2.23. The molecule has 0 bridgehead atoms. The molecule has 0 aromatic heterocycles. The highest BCUT2D eigenvalue weighted by Gasteiger charge is 2.28. The first-order valence-electron chi connectivity index (χ1n) is 4.83. The Labute approximate surface area is 99.1 Å². The summed E-state index contributed by atoms with van der Waals surface area (Å²) in [5.74, 6) is -0.339. The maximum absolute atomic E-state index is 6.07. The SMILES string of the molecule is CC1(Nc2c(Cl)cccc2Cl)NCCN1. The summed E-state index contributed by atoms with van der Waals surface area (Å²) in [4.78, 5) is 0. The number of hydrogen-bond acceptors (Lipinski definition) is 3. The first kappa shape index (κ1) is 11.0. The highest BCUT2D eigenvalue weighted by molar-refractivity contribution is 6.39. The predicted octanol–water partition coefficient (Wildman–Crippen LogP) is 2.27. The molecular formula is C10H13Cl2N3. The summed E-state index contributed by atoms with van der Waals surface area (Å²) in [5, 5.41) is 11.1. The first-order chi connectivity index (χ1) is 7.11. The van der Waals surface area contributed by atoms with Crippen molar-refractivity contribution in [2.75, 3.05) is 18.4 Å². The van der Waals surface area contributed by atoms with Crippen LogP contribution in [-0.4, -0.2) is 18.9 Å². The second kappa shape index (κ2) is 4.18. The lowest BCUT2D eigenvalue weighted by Crippen LogP contribution is -2.53. The minimum Gasteiger partial charge on any atom is -0.353 e. The summed E-state index contributed by atoms with van der Waals surface area (Å²) in [5.41, 5.74) is 0.755. The third-order valence-electron chi connectivity index (χ3n) is 2.42. The van der Waals surface area contributed by atoms with Crippen LogP contribution in [0.1, 0.15) is 6.92 Å². The van der Waals surface area contributed by atoms with E-state index < -0.39 is 0 Å². The van der Waals surface area contributed by atoms with E-state index in [2.05, 4.69) is 16.0 Å². The van der Waals surface area contributed by atoms with Gasteiger partial charge in [0.25, 0.3) is 0 Å². The molecule has 0 atom stereocenters. The predicted molar refractivity (Wildman–Crippen MR) is 64.5 cm³/mol. The largest absolute Gasteiger partial charge is 0.353 e. The van der Waals surface area contributed by atoms with Gasteiger partial charge in [0.1, 0.15) is 5.79 Å². The molecule has 1 aliphatic rings. The number of hydrogen-bond donors (Lipinski definition) is 3. The van der Waals surface area contributed by atoms with E-state index in [0.717, 1.165) is 18.8 Å². The minimum atomic E-state index is -0.339. The maximum Gasteiger partial charge on any atom is 0.140 e. The van der Waals surface area contributed by atoms with Gasteiger partial charge >= 0.3 is 0 Å². The molecule has 1 aromatic rings. The average molecular weight is 246 g/mol. The van der Waals surface area contributed by atoms with Crippen molar-refractivity contribution in [1.82, 2.24) is 10.6 Å². The van der Waals surface area contributed by atoms with Crippen molar-refractivity contribution in [2.24, 2.45) is 0 Å². The molecule has 1 aromatic carbocycles. The van der Waals surface area contributed by atoms with Gasteiger partial charge in [-0.2, -0.15) is 0 Å². The van der Waals surface area contributed by atoms with E-state index in [9.17, 15) is 0 Å². The van der Waals surface area contributed by atoms with Gasteiger partial charge in [-0.1, -0.05) is 29.3 Å². The third-order valence-corrected chi connectivity index (χ3v) is 3.05. The van der Waals surface area contributed by atoms with E-state index in [-0.39, 0.29) is 5.79 Å². The molecule has 15 heavy (non-hydrogen) atoms. The Bertz CT molecular complexity index is 341. The Morgan fingerprint density at radius 3 is 2.27 bits per heavy atom. The molecule has 0 unspecified atom stereocenters. The van der Waals surface area contributed by atoms with Gasteiger partial charge in [-0.3, -0.25) is 10.6 Å². The second-order valence-corrected chi connectivity index (χ2v) is 4.51. The third kappa shape index (κ3) is 2.37. The van der Waals surface area contributed by atoms with Crippen molar-refractivity contribution < 1.29 is 0 Å². The van der Waals surface area contributed by atoms with Crippen LogP contribution in [0.2, 0.25) is 10.0 Å². The van der Waals surface area contributed by atoms with Gasteiger partial charge in [0.2, 0.25) is 0 Å². The molecule has 3 N–H and O–H groups in total. The molecule has 0 saturated carbocycles. The highest BCUT2D eigenvalue weighted by atomic mass is 35.5. The molecule has 1 fully saturated rings. The summed E-state index contributed by atoms with van der Waals surface area (Å²) < 4.78 is 0. The first-order valence-corrected chi connectivity index (χ1v) is 5.59. The lowest BCUT2D eigenvalue weighted by molar-refractivity contribution is 0.426. The van der Waals surface area contributed by atoms with E-state index in [1.807, 2.05) is 25.1 Å². The number of halogens is 2. The van der Waals surface area contributed by atoms with E-state index in [1.165, 1.54) is 0 Å². The van der Waals surface area contributed by atoms with Gasteiger partial charge < -0.3 is 5.32 Å². The lowest BCUT2D eigenvalue weighted by Gasteiger charge is -2.28. The van der Waals surface area contributed by atoms with E-state index >= 15 is 0 Å². The number of anilines is 1. The molecule has 0 amide bonds. The highest BCUT2D eigenvalue weighted by Crippen LogP contribution is 2.31. The smallest absolute Gasteiger partial charge is 0.140 e. The molecule has 3 nitrogen and oxygen atoms in total. The fourth-order valence-electron chi connectivity index (χ4n) is 1.64. The molecule has 1 saturated heterocycles. The fraction of sp³-hybridized carbons (Fsp3) is 0.400. The Hall–Kier alpha value is -0.480. The van der Waals surface area contributed by atoms with Gasteiger partial charge in [-0.05, 0) is 19.1 Å². The Morgan fingerprint density at radius 2 is 1.73 bits per heavy atom. The van der Waals surface area contributed by atoms with Crippen LogP contribution in [-0.2, 0) is 0 Å². The number of rotatable bonds is 2. The molecule has 1 aliphatic heterocycles. The minimum absolute atomic E-state index is 0.339. The average Bonchev–Trinajstić information content (AvgIpc) is 2.60. The van der Waals surface area contributed by atoms with Crippen LogP contribution in [0, 0.1) is 0 Å². The van der Waals surface area contributed by atoms with Crippen molar-refractivity contribution in [3.8, 4) is 0 Å². The van der Waals surface area contributed by atoms with Crippen LogP contribution < -0.4 is 16.0 Å². The van der Waals surface area contributed by atoms with Crippen LogP contribution in [0.4, 0.5) is 5.69 Å². The Morgan fingerprint density at radius 1 is 1.20 bits per heavy atom. The number of para-hydroxylation sites is 1. The molecular weight excluding hydrogens is 233 g/mol. The van der Waals surface area contributed by atoms with Crippen molar-refractivity contribution in [3.63, 3.8) is 0 Å². The monoisotopic (exact) mass is 245 g/mol. The molecule has 82 valence electrons. The lowest BCUT2D eigenvalue weighted by atomic mass is 10.3. The second-order valence-electron chi connectivity index (χ2n) is 3.70. The standard InChI is InChI=1S/C10H13Cl2N3/c1-10(13-5-6-14-10)15-9-7(11)3-2-4-8(9)12/h2-4,13-15H,5-6H2,1H3. The summed E-state index contributed by atoms with van der Waals surface area (Å²) in [7, 11) is 0. The topological polar surface area (TPSA) is 36.1 Å². The van der Waals surface area contributed by atoms with Crippen molar-refractivity contribution in [3.05, 3.63) is 28.2 Å². The molecule has 2 rings (SSSR count). The van der Waals surface area contributed by atoms with Crippen LogP contribution in [0.3, 0.4) is 0 Å². The van der Waals surface area contributed by atoms with Gasteiger partial charge in [-0.15, -0.1) is 0 Å². The summed E-state index contributed by atoms with van der Waals surface area (Å²) in [6, 6.07) is 5.45. The molecule has 5 heteroatoms. The van der Waals surface area contributed by atoms with Gasteiger partial charge in [-0.25, -0.2) is 0 Å². The van der Waals surface area contributed by atoms with Crippen LogP contribution >= 0.6 is 23.2 Å². The van der Waals surface area contributed by atoms with Crippen molar-refractivity contribution in [1.29, 1.82) is 0 Å². The normalized spacial score (nSPS) is 19.1. The van der Waals surface area contributed by atoms with Gasteiger partial charge in [0.15, 0.2) is 0 Å². The zero-order chi connectivity index (χ0) is 10.9. The van der Waals surface area contributed by atoms with Gasteiger partial charge in [0, 0.05) is 13.1 Å². The number of nitrogens with one attached hydrogen (secondary N) is 3. The Kier molecular flexibility index (Phi) is 3.07.